The van der Waals surface area contributed by atoms with E-state index in [2.05, 4.69) is 4.90 Å². The minimum atomic E-state index is -0.213. The van der Waals surface area contributed by atoms with Gasteiger partial charge in [0.15, 0.2) is 5.78 Å². The number of piperidine rings is 1. The van der Waals surface area contributed by atoms with Gasteiger partial charge in [0.2, 0.25) is 0 Å². The molecule has 1 aromatic rings. The first-order valence-corrected chi connectivity index (χ1v) is 5.88. The summed E-state index contributed by atoms with van der Waals surface area (Å²) < 4.78 is 0. The highest BCUT2D eigenvalue weighted by atomic mass is 16.3. The van der Waals surface area contributed by atoms with Gasteiger partial charge in [0.05, 0.1) is 12.6 Å². The molecule has 0 aromatic heterocycles. The van der Waals surface area contributed by atoms with E-state index in [1.165, 1.54) is 12.1 Å². The molecule has 4 heteroatoms. The van der Waals surface area contributed by atoms with Crippen LogP contribution >= 0.6 is 0 Å². The van der Waals surface area contributed by atoms with Gasteiger partial charge in [0.25, 0.3) is 0 Å². The first kappa shape index (κ1) is 12.1. The number of likely N-dealkylation sites (tertiary alicyclic amines) is 1. The molecule has 0 radical (unpaired) electrons. The highest BCUT2D eigenvalue weighted by Gasteiger charge is 2.19. The van der Waals surface area contributed by atoms with Crippen molar-refractivity contribution in [2.45, 2.75) is 18.9 Å². The quantitative estimate of drug-likeness (QED) is 0.768. The molecule has 1 aliphatic rings. The lowest BCUT2D eigenvalue weighted by Gasteiger charge is -2.28. The Hall–Kier alpha value is -1.39. The van der Waals surface area contributed by atoms with E-state index in [-0.39, 0.29) is 17.6 Å². The molecular formula is C13H17NO3. The highest BCUT2D eigenvalue weighted by molar-refractivity contribution is 5.97. The third kappa shape index (κ3) is 3.28. The van der Waals surface area contributed by atoms with Crippen LogP contribution in [0, 0.1) is 0 Å². The lowest BCUT2D eigenvalue weighted by atomic mass is 10.1. The van der Waals surface area contributed by atoms with E-state index >= 15 is 0 Å². The van der Waals surface area contributed by atoms with E-state index in [1.54, 1.807) is 12.1 Å². The number of Topliss-reactive ketones (excluding diaryl/α,β-unsaturated/α-hetero) is 1. The Morgan fingerprint density at radius 3 is 2.41 bits per heavy atom. The van der Waals surface area contributed by atoms with Crippen molar-refractivity contribution in [3.63, 3.8) is 0 Å². The topological polar surface area (TPSA) is 60.8 Å². The van der Waals surface area contributed by atoms with Crippen LogP contribution in [0.5, 0.6) is 5.75 Å². The largest absolute Gasteiger partial charge is 0.508 e. The predicted molar refractivity (Wildman–Crippen MR) is 64.1 cm³/mol. The zero-order valence-corrected chi connectivity index (χ0v) is 9.67. The zero-order valence-electron chi connectivity index (χ0n) is 9.67. The van der Waals surface area contributed by atoms with Crippen LogP contribution in [0.2, 0.25) is 0 Å². The number of ketones is 1. The second-order valence-corrected chi connectivity index (χ2v) is 4.48. The van der Waals surface area contributed by atoms with Crippen molar-refractivity contribution in [1.82, 2.24) is 4.90 Å². The summed E-state index contributed by atoms with van der Waals surface area (Å²) in [4.78, 5) is 14.0. The third-order valence-corrected chi connectivity index (χ3v) is 3.11. The highest BCUT2D eigenvalue weighted by Crippen LogP contribution is 2.13. The number of aromatic hydroxyl groups is 1. The molecule has 0 saturated carbocycles. The third-order valence-electron chi connectivity index (χ3n) is 3.11. The van der Waals surface area contributed by atoms with E-state index in [1.807, 2.05) is 0 Å². The molecule has 1 fully saturated rings. The molecule has 0 amide bonds. The maximum Gasteiger partial charge on any atom is 0.176 e. The maximum absolute atomic E-state index is 11.9. The number of phenolic OH excluding ortho intramolecular Hbond substituents is 1. The maximum atomic E-state index is 11.9. The van der Waals surface area contributed by atoms with Crippen molar-refractivity contribution >= 4 is 5.78 Å². The Balaban J connectivity index is 1.91. The van der Waals surface area contributed by atoms with Crippen LogP contribution < -0.4 is 0 Å². The summed E-state index contributed by atoms with van der Waals surface area (Å²) in [5.41, 5.74) is 0.619. The number of hydrogen-bond donors (Lipinski definition) is 2. The molecule has 0 aliphatic carbocycles. The minimum absolute atomic E-state index is 0.0568. The van der Waals surface area contributed by atoms with Gasteiger partial charge in [-0.3, -0.25) is 9.69 Å². The molecule has 0 spiro atoms. The number of rotatable bonds is 3. The van der Waals surface area contributed by atoms with Crippen molar-refractivity contribution < 1.29 is 15.0 Å². The summed E-state index contributed by atoms with van der Waals surface area (Å²) in [7, 11) is 0. The van der Waals surface area contributed by atoms with Gasteiger partial charge in [-0.25, -0.2) is 0 Å². The van der Waals surface area contributed by atoms with Crippen LogP contribution in [-0.4, -0.2) is 46.6 Å². The second kappa shape index (κ2) is 5.29. The summed E-state index contributed by atoms with van der Waals surface area (Å²) >= 11 is 0. The summed E-state index contributed by atoms with van der Waals surface area (Å²) in [6.07, 6.45) is 1.26. The molecule has 92 valence electrons. The number of benzene rings is 1. The monoisotopic (exact) mass is 235 g/mol. The Morgan fingerprint density at radius 2 is 1.82 bits per heavy atom. The van der Waals surface area contributed by atoms with Crippen LogP contribution in [0.4, 0.5) is 0 Å². The summed E-state index contributed by atoms with van der Waals surface area (Å²) in [5.74, 6) is 0.226. The molecule has 1 aliphatic heterocycles. The van der Waals surface area contributed by atoms with Gasteiger partial charge in [-0.15, -0.1) is 0 Å². The molecule has 2 N–H and O–H groups in total. The minimum Gasteiger partial charge on any atom is -0.508 e. The molecule has 1 saturated heterocycles. The fraction of sp³-hybridized carbons (Fsp3) is 0.462. The smallest absolute Gasteiger partial charge is 0.176 e. The molecule has 4 nitrogen and oxygen atoms in total. The number of carbonyl (C=O) groups excluding carboxylic acids is 1. The Kier molecular flexibility index (Phi) is 3.76. The Labute approximate surface area is 100 Å². The van der Waals surface area contributed by atoms with Gasteiger partial charge in [-0.1, -0.05) is 0 Å². The molecule has 0 unspecified atom stereocenters. The molecule has 0 atom stereocenters. The number of hydrogen-bond acceptors (Lipinski definition) is 4. The van der Waals surface area contributed by atoms with Crippen molar-refractivity contribution in [3.8, 4) is 5.75 Å². The molecular weight excluding hydrogens is 218 g/mol. The van der Waals surface area contributed by atoms with Crippen molar-refractivity contribution in [1.29, 1.82) is 0 Å². The van der Waals surface area contributed by atoms with Crippen molar-refractivity contribution in [2.75, 3.05) is 19.6 Å². The van der Waals surface area contributed by atoms with E-state index in [0.29, 0.717) is 12.1 Å². The normalized spacial score (nSPS) is 18.2. The van der Waals surface area contributed by atoms with Crippen LogP contribution in [-0.2, 0) is 0 Å². The van der Waals surface area contributed by atoms with Crippen LogP contribution in [0.25, 0.3) is 0 Å². The molecule has 1 aromatic carbocycles. The second-order valence-electron chi connectivity index (χ2n) is 4.48. The zero-order chi connectivity index (χ0) is 12.3. The average molecular weight is 235 g/mol. The number of aliphatic hydroxyl groups is 1. The molecule has 17 heavy (non-hydrogen) atoms. The summed E-state index contributed by atoms with van der Waals surface area (Å²) in [6, 6.07) is 6.31. The van der Waals surface area contributed by atoms with Crippen LogP contribution in [0.3, 0.4) is 0 Å². The predicted octanol–water partition coefficient (Wildman–Crippen LogP) is 1.03. The Bertz CT molecular complexity index is 380. The average Bonchev–Trinajstić information content (AvgIpc) is 2.33. The molecule has 2 rings (SSSR count). The van der Waals surface area contributed by atoms with Gasteiger partial charge in [-0.2, -0.15) is 0 Å². The van der Waals surface area contributed by atoms with Gasteiger partial charge < -0.3 is 10.2 Å². The fourth-order valence-electron chi connectivity index (χ4n) is 2.02. The van der Waals surface area contributed by atoms with Crippen LogP contribution in [0.1, 0.15) is 23.2 Å². The molecule has 1 heterocycles. The number of aliphatic hydroxyl groups excluding tert-OH is 1. The first-order chi connectivity index (χ1) is 8.15. The SMILES string of the molecule is O=C(CN1CCC(O)CC1)c1ccc(O)cc1. The number of carbonyl (C=O) groups is 1. The van der Waals surface area contributed by atoms with E-state index in [0.717, 1.165) is 25.9 Å². The standard InChI is InChI=1S/C13H17NO3/c15-11-3-1-10(2-4-11)13(17)9-14-7-5-12(16)6-8-14/h1-4,12,15-16H,5-9H2. The lowest BCUT2D eigenvalue weighted by molar-refractivity contribution is 0.0711. The van der Waals surface area contributed by atoms with Crippen LogP contribution in [0.15, 0.2) is 24.3 Å². The van der Waals surface area contributed by atoms with Gasteiger partial charge in [0, 0.05) is 18.7 Å². The molecule has 0 bridgehead atoms. The number of phenols is 1. The van der Waals surface area contributed by atoms with E-state index < -0.39 is 0 Å². The fourth-order valence-corrected chi connectivity index (χ4v) is 2.02. The first-order valence-electron chi connectivity index (χ1n) is 5.88. The Morgan fingerprint density at radius 1 is 1.24 bits per heavy atom. The van der Waals surface area contributed by atoms with E-state index in [4.69, 9.17) is 5.11 Å². The summed E-state index contributed by atoms with van der Waals surface area (Å²) in [5, 5.41) is 18.5. The summed E-state index contributed by atoms with van der Waals surface area (Å²) in [6.45, 7) is 1.92. The van der Waals surface area contributed by atoms with Gasteiger partial charge in [0.1, 0.15) is 5.75 Å². The van der Waals surface area contributed by atoms with Crippen molar-refractivity contribution in [3.05, 3.63) is 29.8 Å². The lowest BCUT2D eigenvalue weighted by Crippen LogP contribution is -2.39. The van der Waals surface area contributed by atoms with Crippen molar-refractivity contribution in [2.24, 2.45) is 0 Å². The number of nitrogens with zero attached hydrogens (tertiary/aromatic N) is 1. The van der Waals surface area contributed by atoms with E-state index in [9.17, 15) is 9.90 Å². The van der Waals surface area contributed by atoms with Gasteiger partial charge >= 0.3 is 0 Å². The van der Waals surface area contributed by atoms with Gasteiger partial charge in [-0.05, 0) is 37.1 Å².